The zero-order chi connectivity index (χ0) is 20.8. The zero-order valence-corrected chi connectivity index (χ0v) is 16.7. The predicted octanol–water partition coefficient (Wildman–Crippen LogP) is 3.04. The molecule has 0 aliphatic carbocycles. The molecule has 0 bridgehead atoms. The fraction of sp³-hybridized carbons (Fsp3) is 0.217. The van der Waals surface area contributed by atoms with E-state index in [4.69, 9.17) is 14.2 Å². The van der Waals surface area contributed by atoms with Crippen molar-refractivity contribution in [2.24, 2.45) is 0 Å². The molecule has 0 spiro atoms. The molecule has 1 amide bonds. The number of methoxy groups -OCH3 is 1. The van der Waals surface area contributed by atoms with Crippen LogP contribution in [0.25, 0.3) is 6.08 Å². The lowest BCUT2D eigenvalue weighted by Crippen LogP contribution is -2.20. The van der Waals surface area contributed by atoms with Gasteiger partial charge in [-0.15, -0.1) is 0 Å². The van der Waals surface area contributed by atoms with Gasteiger partial charge in [0, 0.05) is 31.6 Å². The highest BCUT2D eigenvalue weighted by atomic mass is 16.6. The van der Waals surface area contributed by atoms with Crippen molar-refractivity contribution in [2.75, 3.05) is 20.3 Å². The number of ether oxygens (including phenoxy) is 3. The maximum atomic E-state index is 12.3. The van der Waals surface area contributed by atoms with E-state index in [2.05, 4.69) is 22.4 Å². The van der Waals surface area contributed by atoms with Crippen molar-refractivity contribution >= 4 is 12.0 Å². The van der Waals surface area contributed by atoms with Gasteiger partial charge in [-0.2, -0.15) is 0 Å². The summed E-state index contributed by atoms with van der Waals surface area (Å²) in [7, 11) is 1.58. The van der Waals surface area contributed by atoms with Crippen molar-refractivity contribution in [3.63, 3.8) is 0 Å². The van der Waals surface area contributed by atoms with Crippen LogP contribution in [0.1, 0.15) is 16.7 Å². The Morgan fingerprint density at radius 1 is 1.23 bits per heavy atom. The van der Waals surface area contributed by atoms with Gasteiger partial charge in [0.2, 0.25) is 11.7 Å². The summed E-state index contributed by atoms with van der Waals surface area (Å²) in [6.45, 7) is 2.17. The van der Waals surface area contributed by atoms with Crippen LogP contribution in [0.4, 0.5) is 0 Å². The van der Waals surface area contributed by atoms with Gasteiger partial charge in [-0.25, -0.2) is 4.98 Å². The number of imidazole rings is 1. The third-order valence-corrected chi connectivity index (χ3v) is 4.66. The van der Waals surface area contributed by atoms with Crippen molar-refractivity contribution in [1.29, 1.82) is 0 Å². The summed E-state index contributed by atoms with van der Waals surface area (Å²) in [6.07, 6.45) is 8.69. The molecular weight excluding hydrogens is 382 g/mol. The Hall–Kier alpha value is -3.74. The fourth-order valence-corrected chi connectivity index (χ4v) is 3.24. The summed E-state index contributed by atoms with van der Waals surface area (Å²) < 4.78 is 18.6. The largest absolute Gasteiger partial charge is 0.493 e. The van der Waals surface area contributed by atoms with Gasteiger partial charge in [0.15, 0.2) is 11.5 Å². The van der Waals surface area contributed by atoms with Gasteiger partial charge in [-0.05, 0) is 34.9 Å². The molecule has 1 aliphatic heterocycles. The summed E-state index contributed by atoms with van der Waals surface area (Å²) in [5.74, 6) is 1.63. The summed E-state index contributed by atoms with van der Waals surface area (Å²) >= 11 is 0. The van der Waals surface area contributed by atoms with E-state index in [1.165, 1.54) is 6.08 Å². The van der Waals surface area contributed by atoms with Crippen LogP contribution in [0, 0.1) is 0 Å². The van der Waals surface area contributed by atoms with E-state index in [1.54, 1.807) is 25.7 Å². The molecule has 0 fully saturated rings. The molecule has 2 heterocycles. The molecule has 1 aliphatic rings. The van der Waals surface area contributed by atoms with Crippen molar-refractivity contribution in [2.45, 2.75) is 13.1 Å². The van der Waals surface area contributed by atoms with Crippen molar-refractivity contribution in [3.8, 4) is 17.2 Å². The average Bonchev–Trinajstić information content (AvgIpc) is 3.29. The highest BCUT2D eigenvalue weighted by Gasteiger charge is 2.17. The smallest absolute Gasteiger partial charge is 0.244 e. The van der Waals surface area contributed by atoms with E-state index in [0.29, 0.717) is 37.0 Å². The SMILES string of the molecule is COc1cc(/C=C/C(=O)NCc2cccc(Cn3ccnc3)c2)cc2c1OCCO2. The van der Waals surface area contributed by atoms with Crippen molar-refractivity contribution in [3.05, 3.63) is 77.9 Å². The maximum Gasteiger partial charge on any atom is 0.244 e. The first-order chi connectivity index (χ1) is 14.7. The standard InChI is InChI=1S/C23H23N3O4/c1-28-20-12-17(13-21-23(20)30-10-9-29-21)5-6-22(27)25-14-18-3-2-4-19(11-18)15-26-8-7-24-16-26/h2-8,11-13,16H,9-10,14-15H2,1H3,(H,25,27)/b6-5+. The fourth-order valence-electron chi connectivity index (χ4n) is 3.24. The number of benzene rings is 2. The lowest BCUT2D eigenvalue weighted by Gasteiger charge is -2.20. The van der Waals surface area contributed by atoms with Gasteiger partial charge in [-0.1, -0.05) is 24.3 Å². The zero-order valence-electron chi connectivity index (χ0n) is 16.7. The van der Waals surface area contributed by atoms with E-state index in [-0.39, 0.29) is 5.91 Å². The second-order valence-corrected chi connectivity index (χ2v) is 6.85. The Morgan fingerprint density at radius 3 is 2.93 bits per heavy atom. The molecule has 1 aromatic heterocycles. The number of nitrogens with zero attached hydrogens (tertiary/aromatic N) is 2. The molecule has 7 nitrogen and oxygen atoms in total. The van der Waals surface area contributed by atoms with Crippen LogP contribution in [-0.4, -0.2) is 35.8 Å². The number of rotatable bonds is 7. The highest BCUT2D eigenvalue weighted by Crippen LogP contribution is 2.40. The molecule has 0 saturated carbocycles. The monoisotopic (exact) mass is 405 g/mol. The molecule has 0 saturated heterocycles. The van der Waals surface area contributed by atoms with Gasteiger partial charge in [0.25, 0.3) is 0 Å². The Morgan fingerprint density at radius 2 is 2.10 bits per heavy atom. The summed E-state index contributed by atoms with van der Waals surface area (Å²) in [5.41, 5.74) is 2.99. The Kier molecular flexibility index (Phi) is 5.98. The molecule has 2 aromatic carbocycles. The van der Waals surface area contributed by atoms with Gasteiger partial charge < -0.3 is 24.1 Å². The van der Waals surface area contributed by atoms with Crippen LogP contribution in [0.2, 0.25) is 0 Å². The maximum absolute atomic E-state index is 12.3. The second kappa shape index (κ2) is 9.17. The minimum absolute atomic E-state index is 0.177. The van der Waals surface area contributed by atoms with Crippen LogP contribution >= 0.6 is 0 Å². The van der Waals surface area contributed by atoms with Gasteiger partial charge >= 0.3 is 0 Å². The first-order valence-electron chi connectivity index (χ1n) is 9.68. The number of nitrogens with one attached hydrogen (secondary N) is 1. The lowest BCUT2D eigenvalue weighted by molar-refractivity contribution is -0.116. The second-order valence-electron chi connectivity index (χ2n) is 6.85. The van der Waals surface area contributed by atoms with Crippen LogP contribution in [0.15, 0.2) is 61.2 Å². The van der Waals surface area contributed by atoms with Gasteiger partial charge in [-0.3, -0.25) is 4.79 Å². The quantitative estimate of drug-likeness (QED) is 0.612. The summed E-state index contributed by atoms with van der Waals surface area (Å²) in [4.78, 5) is 16.3. The van der Waals surface area contributed by atoms with Crippen LogP contribution in [-0.2, 0) is 17.9 Å². The van der Waals surface area contributed by atoms with E-state index in [1.807, 2.05) is 35.0 Å². The van der Waals surface area contributed by atoms with Crippen molar-refractivity contribution < 1.29 is 19.0 Å². The third-order valence-electron chi connectivity index (χ3n) is 4.66. The number of carbonyl (C=O) groups is 1. The number of amides is 1. The first-order valence-corrected chi connectivity index (χ1v) is 9.68. The predicted molar refractivity (Wildman–Crippen MR) is 113 cm³/mol. The molecule has 1 N–H and O–H groups in total. The Balaban J connectivity index is 1.36. The molecule has 4 rings (SSSR count). The molecule has 3 aromatic rings. The molecule has 7 heteroatoms. The van der Waals surface area contributed by atoms with E-state index >= 15 is 0 Å². The molecule has 30 heavy (non-hydrogen) atoms. The van der Waals surface area contributed by atoms with Gasteiger partial charge in [0.1, 0.15) is 13.2 Å². The molecule has 0 radical (unpaired) electrons. The number of hydrogen-bond acceptors (Lipinski definition) is 5. The number of fused-ring (bicyclic) bond motifs is 1. The number of aromatic nitrogens is 2. The van der Waals surface area contributed by atoms with E-state index < -0.39 is 0 Å². The average molecular weight is 405 g/mol. The van der Waals surface area contributed by atoms with Gasteiger partial charge in [0.05, 0.1) is 13.4 Å². The molecule has 0 atom stereocenters. The molecule has 154 valence electrons. The summed E-state index contributed by atoms with van der Waals surface area (Å²) in [6, 6.07) is 11.8. The van der Waals surface area contributed by atoms with Crippen LogP contribution in [0.5, 0.6) is 17.2 Å². The lowest BCUT2D eigenvalue weighted by atomic mass is 10.1. The Labute approximate surface area is 174 Å². The third kappa shape index (κ3) is 4.81. The van der Waals surface area contributed by atoms with Crippen LogP contribution < -0.4 is 19.5 Å². The minimum Gasteiger partial charge on any atom is -0.493 e. The normalized spacial score (nSPS) is 12.7. The number of carbonyl (C=O) groups excluding carboxylic acids is 1. The van der Waals surface area contributed by atoms with Crippen molar-refractivity contribution in [1.82, 2.24) is 14.9 Å². The first kappa shape index (κ1) is 19.6. The minimum atomic E-state index is -0.177. The van der Waals surface area contributed by atoms with Crippen LogP contribution in [0.3, 0.4) is 0 Å². The molecule has 0 unspecified atom stereocenters. The highest BCUT2D eigenvalue weighted by molar-refractivity contribution is 5.91. The Bertz CT molecular complexity index is 1030. The van der Waals surface area contributed by atoms with E-state index in [0.717, 1.165) is 23.2 Å². The topological polar surface area (TPSA) is 74.6 Å². The number of hydrogen-bond donors (Lipinski definition) is 1. The summed E-state index contributed by atoms with van der Waals surface area (Å²) in [5, 5.41) is 2.91. The molecular formula is C23H23N3O4. The van der Waals surface area contributed by atoms with E-state index in [9.17, 15) is 4.79 Å².